The lowest BCUT2D eigenvalue weighted by Crippen LogP contribution is -2.19. The van der Waals surface area contributed by atoms with Gasteiger partial charge in [0.05, 0.1) is 6.10 Å². The van der Waals surface area contributed by atoms with Crippen molar-refractivity contribution in [2.75, 3.05) is 6.61 Å². The smallest absolute Gasteiger partial charge is 0.303 e. The van der Waals surface area contributed by atoms with Gasteiger partial charge in [0.2, 0.25) is 0 Å². The number of carbonyl (C=O) groups is 1. The summed E-state index contributed by atoms with van der Waals surface area (Å²) in [6, 6.07) is 0. The molecule has 0 aromatic carbocycles. The van der Waals surface area contributed by atoms with Gasteiger partial charge in [0, 0.05) is 13.0 Å². The molecule has 0 spiro atoms. The molecule has 1 rings (SSSR count). The van der Waals surface area contributed by atoms with E-state index < -0.39 is 5.97 Å². The quantitative estimate of drug-likeness (QED) is 0.675. The largest absolute Gasteiger partial charge is 0.481 e. The Kier molecular flexibility index (Phi) is 3.36. The molecule has 0 radical (unpaired) electrons. The minimum atomic E-state index is -0.723. The molecule has 0 unspecified atom stereocenters. The van der Waals surface area contributed by atoms with Crippen molar-refractivity contribution in [1.82, 2.24) is 0 Å². The number of carboxylic acid groups (broad SMARTS) is 1. The van der Waals surface area contributed by atoms with Crippen LogP contribution in [-0.4, -0.2) is 23.8 Å². The maximum absolute atomic E-state index is 10.2. The molecule has 1 saturated heterocycles. The third kappa shape index (κ3) is 3.37. The normalized spacial score (nSPS) is 24.9. The van der Waals surface area contributed by atoms with Crippen LogP contribution in [0, 0.1) is 0 Å². The predicted molar refractivity (Wildman–Crippen MR) is 40.5 cm³/mol. The SMILES string of the molecule is O=C(O)CC[C@@H]1CCCCO1. The van der Waals surface area contributed by atoms with Crippen molar-refractivity contribution in [1.29, 1.82) is 0 Å². The number of hydrogen-bond acceptors (Lipinski definition) is 2. The zero-order valence-electron chi connectivity index (χ0n) is 6.58. The topological polar surface area (TPSA) is 46.5 Å². The van der Waals surface area contributed by atoms with E-state index >= 15 is 0 Å². The van der Waals surface area contributed by atoms with Gasteiger partial charge < -0.3 is 9.84 Å². The van der Waals surface area contributed by atoms with E-state index in [1.807, 2.05) is 0 Å². The molecule has 0 aromatic heterocycles. The molecule has 0 aliphatic carbocycles. The monoisotopic (exact) mass is 158 g/mol. The van der Waals surface area contributed by atoms with Gasteiger partial charge in [-0.3, -0.25) is 4.79 Å². The molecule has 1 aliphatic heterocycles. The first-order valence-corrected chi connectivity index (χ1v) is 4.12. The maximum Gasteiger partial charge on any atom is 0.303 e. The fourth-order valence-electron chi connectivity index (χ4n) is 1.32. The van der Waals surface area contributed by atoms with Crippen molar-refractivity contribution in [2.24, 2.45) is 0 Å². The Morgan fingerprint density at radius 2 is 2.36 bits per heavy atom. The molecular formula is C8H14O3. The predicted octanol–water partition coefficient (Wildman–Crippen LogP) is 1.42. The summed E-state index contributed by atoms with van der Waals surface area (Å²) < 4.78 is 5.36. The number of rotatable bonds is 3. The van der Waals surface area contributed by atoms with Crippen molar-refractivity contribution in [2.45, 2.75) is 38.2 Å². The first-order valence-electron chi connectivity index (χ1n) is 4.12. The molecule has 0 bridgehead atoms. The van der Waals surface area contributed by atoms with Crippen LogP contribution in [0.15, 0.2) is 0 Å². The molecule has 1 fully saturated rings. The zero-order valence-corrected chi connectivity index (χ0v) is 6.58. The third-order valence-corrected chi connectivity index (χ3v) is 1.95. The molecule has 1 N–H and O–H groups in total. The Hall–Kier alpha value is -0.570. The van der Waals surface area contributed by atoms with Crippen LogP contribution in [0.25, 0.3) is 0 Å². The van der Waals surface area contributed by atoms with Crippen LogP contribution in [0.3, 0.4) is 0 Å². The highest BCUT2D eigenvalue weighted by Gasteiger charge is 2.14. The third-order valence-electron chi connectivity index (χ3n) is 1.95. The Bertz CT molecular complexity index is 127. The minimum absolute atomic E-state index is 0.208. The number of ether oxygens (including phenoxy) is 1. The summed E-state index contributed by atoms with van der Waals surface area (Å²) >= 11 is 0. The van der Waals surface area contributed by atoms with Crippen LogP contribution in [0.5, 0.6) is 0 Å². The van der Waals surface area contributed by atoms with Gasteiger partial charge in [-0.1, -0.05) is 0 Å². The van der Waals surface area contributed by atoms with Crippen LogP contribution in [0.4, 0.5) is 0 Å². The Morgan fingerprint density at radius 1 is 1.55 bits per heavy atom. The highest BCUT2D eigenvalue weighted by atomic mass is 16.5. The Labute approximate surface area is 66.4 Å². The highest BCUT2D eigenvalue weighted by molar-refractivity contribution is 5.66. The van der Waals surface area contributed by atoms with Gasteiger partial charge in [0.15, 0.2) is 0 Å². The van der Waals surface area contributed by atoms with E-state index in [0.29, 0.717) is 6.42 Å². The molecule has 1 aliphatic rings. The number of aliphatic carboxylic acids is 1. The van der Waals surface area contributed by atoms with Gasteiger partial charge in [-0.2, -0.15) is 0 Å². The van der Waals surface area contributed by atoms with Gasteiger partial charge in [-0.25, -0.2) is 0 Å². The van der Waals surface area contributed by atoms with Crippen LogP contribution in [-0.2, 0) is 9.53 Å². The average molecular weight is 158 g/mol. The van der Waals surface area contributed by atoms with E-state index in [0.717, 1.165) is 19.4 Å². The first-order chi connectivity index (χ1) is 5.29. The molecule has 0 saturated carbocycles. The van der Waals surface area contributed by atoms with Gasteiger partial charge in [0.25, 0.3) is 0 Å². The molecule has 0 aromatic rings. The summed E-state index contributed by atoms with van der Waals surface area (Å²) in [4.78, 5) is 10.2. The summed E-state index contributed by atoms with van der Waals surface area (Å²) in [5.74, 6) is -0.723. The van der Waals surface area contributed by atoms with Gasteiger partial charge in [0.1, 0.15) is 0 Å². The minimum Gasteiger partial charge on any atom is -0.481 e. The maximum atomic E-state index is 10.2. The lowest BCUT2D eigenvalue weighted by atomic mass is 10.1. The van der Waals surface area contributed by atoms with E-state index in [9.17, 15) is 4.79 Å². The standard InChI is InChI=1S/C8H14O3/c9-8(10)5-4-7-3-1-2-6-11-7/h7H,1-6H2,(H,9,10)/t7-/m0/s1. The Morgan fingerprint density at radius 3 is 2.91 bits per heavy atom. The molecule has 3 nitrogen and oxygen atoms in total. The zero-order chi connectivity index (χ0) is 8.10. The van der Waals surface area contributed by atoms with E-state index in [1.165, 1.54) is 6.42 Å². The molecule has 64 valence electrons. The first kappa shape index (κ1) is 8.53. The van der Waals surface area contributed by atoms with Crippen molar-refractivity contribution in [3.63, 3.8) is 0 Å². The highest BCUT2D eigenvalue weighted by Crippen LogP contribution is 2.16. The second-order valence-corrected chi connectivity index (χ2v) is 2.92. The van der Waals surface area contributed by atoms with Crippen LogP contribution < -0.4 is 0 Å². The molecule has 1 atom stereocenters. The summed E-state index contributed by atoms with van der Waals surface area (Å²) in [5, 5.41) is 8.39. The van der Waals surface area contributed by atoms with E-state index in [4.69, 9.17) is 9.84 Å². The lowest BCUT2D eigenvalue weighted by molar-refractivity contribution is -0.138. The average Bonchev–Trinajstić information content (AvgIpc) is 2.03. The lowest BCUT2D eigenvalue weighted by Gasteiger charge is -2.21. The second-order valence-electron chi connectivity index (χ2n) is 2.92. The number of hydrogen-bond donors (Lipinski definition) is 1. The van der Waals surface area contributed by atoms with Crippen LogP contribution in [0.1, 0.15) is 32.1 Å². The van der Waals surface area contributed by atoms with Gasteiger partial charge in [-0.05, 0) is 25.7 Å². The van der Waals surface area contributed by atoms with Crippen LogP contribution in [0.2, 0.25) is 0 Å². The molecule has 11 heavy (non-hydrogen) atoms. The summed E-state index contributed by atoms with van der Waals surface area (Å²) in [5.41, 5.74) is 0. The summed E-state index contributed by atoms with van der Waals surface area (Å²) in [6.07, 6.45) is 4.47. The van der Waals surface area contributed by atoms with E-state index in [-0.39, 0.29) is 12.5 Å². The fraction of sp³-hybridized carbons (Fsp3) is 0.875. The Balaban J connectivity index is 2.09. The van der Waals surface area contributed by atoms with Gasteiger partial charge in [-0.15, -0.1) is 0 Å². The summed E-state index contributed by atoms with van der Waals surface area (Å²) in [6.45, 7) is 0.810. The van der Waals surface area contributed by atoms with Crippen molar-refractivity contribution in [3.8, 4) is 0 Å². The van der Waals surface area contributed by atoms with Crippen molar-refractivity contribution < 1.29 is 14.6 Å². The number of carboxylic acids is 1. The van der Waals surface area contributed by atoms with Crippen LogP contribution >= 0.6 is 0 Å². The van der Waals surface area contributed by atoms with E-state index in [2.05, 4.69) is 0 Å². The molecule has 1 heterocycles. The second kappa shape index (κ2) is 4.34. The fourth-order valence-corrected chi connectivity index (χ4v) is 1.32. The summed E-state index contributed by atoms with van der Waals surface area (Å²) in [7, 11) is 0. The molecule has 3 heteroatoms. The van der Waals surface area contributed by atoms with Crippen molar-refractivity contribution >= 4 is 5.97 Å². The van der Waals surface area contributed by atoms with E-state index in [1.54, 1.807) is 0 Å². The molecular weight excluding hydrogens is 144 g/mol. The van der Waals surface area contributed by atoms with Gasteiger partial charge >= 0.3 is 5.97 Å². The molecule has 0 amide bonds. The van der Waals surface area contributed by atoms with Crippen molar-refractivity contribution in [3.05, 3.63) is 0 Å².